The van der Waals surface area contributed by atoms with Crippen LogP contribution >= 0.6 is 0 Å². The van der Waals surface area contributed by atoms with E-state index in [0.717, 1.165) is 37.4 Å². The molecule has 3 heterocycles. The highest BCUT2D eigenvalue weighted by Gasteiger charge is 2.33. The van der Waals surface area contributed by atoms with Crippen molar-refractivity contribution in [3.63, 3.8) is 0 Å². The molecule has 1 aliphatic carbocycles. The van der Waals surface area contributed by atoms with Gasteiger partial charge in [-0.3, -0.25) is 4.79 Å². The van der Waals surface area contributed by atoms with E-state index in [0.29, 0.717) is 57.0 Å². The second-order valence-corrected chi connectivity index (χ2v) is 10.3. The van der Waals surface area contributed by atoms with Crippen molar-refractivity contribution >= 4 is 11.7 Å². The zero-order chi connectivity index (χ0) is 25.2. The van der Waals surface area contributed by atoms with Crippen molar-refractivity contribution in [3.05, 3.63) is 47.2 Å². The summed E-state index contributed by atoms with van der Waals surface area (Å²) in [6.07, 6.45) is 4.86. The third-order valence-corrected chi connectivity index (χ3v) is 8.02. The fourth-order valence-electron chi connectivity index (χ4n) is 5.82. The quantitative estimate of drug-likeness (QED) is 0.657. The highest BCUT2D eigenvalue weighted by molar-refractivity contribution is 5.84. The Morgan fingerprint density at radius 1 is 1.14 bits per heavy atom. The monoisotopic (exact) mass is 497 g/mol. The molecule has 0 saturated carbocycles. The number of amides is 1. The first-order chi connectivity index (χ1) is 17.4. The SMILES string of the molecule is COc1ccc([C@H](CN2CCC(O)CC2)C(=O)N2CCN(c3ncnc4c3[C@H](C)CC4)CC2)cc1F. The number of ether oxygens (including phenoxy) is 1. The summed E-state index contributed by atoms with van der Waals surface area (Å²) in [4.78, 5) is 29.3. The molecular formula is C27H36FN5O3. The van der Waals surface area contributed by atoms with Crippen LogP contribution in [0.4, 0.5) is 10.2 Å². The number of carbonyl (C=O) groups is 1. The Hall–Kier alpha value is -2.78. The maximum atomic E-state index is 14.6. The van der Waals surface area contributed by atoms with E-state index in [4.69, 9.17) is 4.74 Å². The van der Waals surface area contributed by atoms with Crippen LogP contribution in [0.1, 0.15) is 54.8 Å². The van der Waals surface area contributed by atoms with Crippen molar-refractivity contribution in [2.45, 2.75) is 50.5 Å². The van der Waals surface area contributed by atoms with Crippen molar-refractivity contribution in [2.75, 3.05) is 57.8 Å². The van der Waals surface area contributed by atoms with Crippen LogP contribution in [0, 0.1) is 5.82 Å². The maximum Gasteiger partial charge on any atom is 0.231 e. The van der Waals surface area contributed by atoms with Gasteiger partial charge in [-0.1, -0.05) is 13.0 Å². The smallest absolute Gasteiger partial charge is 0.231 e. The molecule has 0 radical (unpaired) electrons. The second kappa shape index (κ2) is 10.7. The van der Waals surface area contributed by atoms with Crippen LogP contribution in [-0.4, -0.2) is 89.8 Å². The van der Waals surface area contributed by atoms with Gasteiger partial charge in [0.1, 0.15) is 12.1 Å². The van der Waals surface area contributed by atoms with Crippen molar-refractivity contribution < 1.29 is 19.0 Å². The molecule has 2 atom stereocenters. The van der Waals surface area contributed by atoms with Crippen LogP contribution < -0.4 is 9.64 Å². The van der Waals surface area contributed by atoms with Gasteiger partial charge in [0.25, 0.3) is 0 Å². The maximum absolute atomic E-state index is 14.6. The lowest BCUT2D eigenvalue weighted by Crippen LogP contribution is -2.52. The minimum Gasteiger partial charge on any atom is -0.494 e. The van der Waals surface area contributed by atoms with E-state index in [1.807, 2.05) is 4.90 Å². The number of hydrogen-bond acceptors (Lipinski definition) is 7. The van der Waals surface area contributed by atoms with Crippen LogP contribution in [0.3, 0.4) is 0 Å². The molecular weight excluding hydrogens is 461 g/mol. The van der Waals surface area contributed by atoms with Crippen molar-refractivity contribution in [1.82, 2.24) is 19.8 Å². The summed E-state index contributed by atoms with van der Waals surface area (Å²) in [7, 11) is 1.44. The largest absolute Gasteiger partial charge is 0.494 e. The van der Waals surface area contributed by atoms with Gasteiger partial charge in [-0.25, -0.2) is 14.4 Å². The minimum atomic E-state index is -0.476. The summed E-state index contributed by atoms with van der Waals surface area (Å²) < 4.78 is 19.7. The van der Waals surface area contributed by atoms with Gasteiger partial charge in [0, 0.05) is 57.1 Å². The van der Waals surface area contributed by atoms with Crippen LogP contribution in [0.5, 0.6) is 5.75 Å². The van der Waals surface area contributed by atoms with Gasteiger partial charge in [0.15, 0.2) is 11.6 Å². The van der Waals surface area contributed by atoms with Gasteiger partial charge in [-0.05, 0) is 49.3 Å². The minimum absolute atomic E-state index is 0.0200. The number of aryl methyl sites for hydroxylation is 1. The van der Waals surface area contributed by atoms with E-state index in [2.05, 4.69) is 26.7 Å². The molecule has 1 N–H and O–H groups in total. The zero-order valence-corrected chi connectivity index (χ0v) is 21.2. The fourth-order valence-corrected chi connectivity index (χ4v) is 5.82. The molecule has 1 aromatic heterocycles. The van der Waals surface area contributed by atoms with Gasteiger partial charge < -0.3 is 24.5 Å². The first-order valence-electron chi connectivity index (χ1n) is 13.1. The molecule has 2 saturated heterocycles. The average molecular weight is 498 g/mol. The number of aromatic nitrogens is 2. The predicted octanol–water partition coefficient (Wildman–Crippen LogP) is 2.56. The number of carbonyl (C=O) groups excluding carboxylic acids is 1. The third kappa shape index (κ3) is 5.04. The van der Waals surface area contributed by atoms with E-state index >= 15 is 0 Å². The number of hydrogen-bond donors (Lipinski definition) is 1. The summed E-state index contributed by atoms with van der Waals surface area (Å²) in [5.41, 5.74) is 3.07. The first kappa shape index (κ1) is 24.9. The molecule has 1 amide bonds. The molecule has 5 rings (SSSR count). The molecule has 2 fully saturated rings. The molecule has 3 aliphatic rings. The zero-order valence-electron chi connectivity index (χ0n) is 21.2. The van der Waals surface area contributed by atoms with Gasteiger partial charge in [-0.2, -0.15) is 0 Å². The van der Waals surface area contributed by atoms with Gasteiger partial charge in [-0.15, -0.1) is 0 Å². The molecule has 9 heteroatoms. The van der Waals surface area contributed by atoms with Crippen molar-refractivity contribution in [1.29, 1.82) is 0 Å². The number of methoxy groups -OCH3 is 1. The molecule has 0 spiro atoms. The number of aliphatic hydroxyl groups excluding tert-OH is 1. The molecule has 1 aromatic carbocycles. The van der Waals surface area contributed by atoms with Crippen LogP contribution in [-0.2, 0) is 11.2 Å². The predicted molar refractivity (Wildman–Crippen MR) is 135 cm³/mol. The van der Waals surface area contributed by atoms with Crippen LogP contribution in [0.2, 0.25) is 0 Å². The second-order valence-electron chi connectivity index (χ2n) is 10.3. The molecule has 0 bridgehead atoms. The summed E-state index contributed by atoms with van der Waals surface area (Å²) in [6, 6.07) is 4.83. The molecule has 8 nitrogen and oxygen atoms in total. The average Bonchev–Trinajstić information content (AvgIpc) is 3.29. The number of aliphatic hydroxyl groups is 1. The number of halogens is 1. The van der Waals surface area contributed by atoms with Crippen LogP contribution in [0.15, 0.2) is 24.5 Å². The molecule has 2 aliphatic heterocycles. The Morgan fingerprint density at radius 2 is 1.89 bits per heavy atom. The number of anilines is 1. The molecule has 194 valence electrons. The van der Waals surface area contributed by atoms with E-state index in [-0.39, 0.29) is 17.8 Å². The lowest BCUT2D eigenvalue weighted by atomic mass is 9.94. The number of fused-ring (bicyclic) bond motifs is 1. The van der Waals surface area contributed by atoms with E-state index in [1.165, 1.54) is 18.7 Å². The Balaban J connectivity index is 1.31. The molecule has 36 heavy (non-hydrogen) atoms. The summed E-state index contributed by atoms with van der Waals surface area (Å²) in [6.45, 7) is 6.82. The number of rotatable bonds is 6. The Kier molecular flexibility index (Phi) is 7.39. The topological polar surface area (TPSA) is 82.0 Å². The standard InChI is InChI=1S/C27H36FN5O3/c1-18-3-5-23-25(18)26(30-17-29-23)32-11-13-33(14-12-32)27(35)21(16-31-9-7-20(34)8-10-31)19-4-6-24(36-2)22(28)15-19/h4,6,15,17-18,20-21,34H,3,5,7-14,16H2,1-2H3/t18-,21+/m1/s1. The fraction of sp³-hybridized carbons (Fsp3) is 0.593. The Morgan fingerprint density at radius 3 is 2.58 bits per heavy atom. The molecule has 2 aromatic rings. The van der Waals surface area contributed by atoms with E-state index < -0.39 is 11.7 Å². The first-order valence-corrected chi connectivity index (χ1v) is 13.1. The van der Waals surface area contributed by atoms with Crippen molar-refractivity contribution in [3.8, 4) is 5.75 Å². The van der Waals surface area contributed by atoms with Crippen LogP contribution in [0.25, 0.3) is 0 Å². The Bertz CT molecular complexity index is 1080. The number of piperidine rings is 1. The normalized spacial score (nSPS) is 21.9. The lowest BCUT2D eigenvalue weighted by Gasteiger charge is -2.39. The van der Waals surface area contributed by atoms with Gasteiger partial charge in [0.2, 0.25) is 5.91 Å². The highest BCUT2D eigenvalue weighted by Crippen LogP contribution is 2.37. The summed E-state index contributed by atoms with van der Waals surface area (Å²) >= 11 is 0. The Labute approximate surface area is 212 Å². The highest BCUT2D eigenvalue weighted by atomic mass is 19.1. The number of piperazine rings is 1. The van der Waals surface area contributed by atoms with Gasteiger partial charge >= 0.3 is 0 Å². The van der Waals surface area contributed by atoms with E-state index in [9.17, 15) is 14.3 Å². The number of nitrogens with zero attached hydrogens (tertiary/aromatic N) is 5. The third-order valence-electron chi connectivity index (χ3n) is 8.02. The van der Waals surface area contributed by atoms with Gasteiger partial charge in [0.05, 0.1) is 19.1 Å². The summed E-state index contributed by atoms with van der Waals surface area (Å²) in [5, 5.41) is 9.90. The van der Waals surface area contributed by atoms with Crippen molar-refractivity contribution in [2.24, 2.45) is 0 Å². The molecule has 0 unspecified atom stereocenters. The van der Waals surface area contributed by atoms with E-state index in [1.54, 1.807) is 18.5 Å². The summed E-state index contributed by atoms with van der Waals surface area (Å²) in [5.74, 6) is 0.720. The number of benzene rings is 1. The lowest BCUT2D eigenvalue weighted by molar-refractivity contribution is -0.133. The number of likely N-dealkylation sites (tertiary alicyclic amines) is 1.